The van der Waals surface area contributed by atoms with E-state index in [-0.39, 0.29) is 26.6 Å². The molecule has 0 aliphatic heterocycles. The first-order chi connectivity index (χ1) is 23.7. The normalized spacial score (nSPS) is 9.40. The maximum atomic E-state index is 8.71. The Morgan fingerprint density at radius 2 is 0.808 bits per heavy atom. The molecular formula is C36H35Cl2N3O8P2Pd-4. The second-order valence-electron chi connectivity index (χ2n) is 8.71. The van der Waals surface area contributed by atoms with Crippen LogP contribution < -0.4 is 64.6 Å². The molecule has 0 aliphatic carbocycles. The molecule has 5 aromatic rings. The molecule has 0 spiro atoms. The van der Waals surface area contributed by atoms with Crippen molar-refractivity contribution in [3.05, 3.63) is 178 Å². The first-order valence-corrected chi connectivity index (χ1v) is 19.3. The molecule has 5 aromatic carbocycles. The van der Waals surface area contributed by atoms with Gasteiger partial charge in [0.25, 0.3) is 0 Å². The van der Waals surface area contributed by atoms with Gasteiger partial charge in [0, 0.05) is 0 Å². The van der Waals surface area contributed by atoms with Gasteiger partial charge in [-0.05, 0) is 10.6 Å². The minimum absolute atomic E-state index is 0. The van der Waals surface area contributed by atoms with Crippen LogP contribution in [0, 0.1) is 69.2 Å². The van der Waals surface area contributed by atoms with Crippen LogP contribution in [-0.2, 0) is 20.4 Å². The summed E-state index contributed by atoms with van der Waals surface area (Å²) < 4.78 is 67.9. The van der Waals surface area contributed by atoms with Crippen molar-refractivity contribution in [2.45, 2.75) is 0 Å². The third-order valence-corrected chi connectivity index (χ3v) is 9.48. The summed E-state index contributed by atoms with van der Waals surface area (Å²) >= 11 is 0. The molecule has 0 aliphatic rings. The van der Waals surface area contributed by atoms with Crippen LogP contribution in [-0.4, -0.2) is 6.16 Å². The SMILES string of the molecule is N.N#C[CH-]CP(c1ccccc1)c1ccccc1.[CH2-]C#N.[CH2-]P(c1ccccc1)c1ccccc1.[O-][Cl+3]([O-])([O-])[O-].[O-][Cl+3]([O-])([O-])[O-].[Pd+2].[c-]1ccccc1. The van der Waals surface area contributed by atoms with Crippen molar-refractivity contribution in [3.63, 3.8) is 0 Å². The standard InChI is InChI=1S/C15H13NP.C13H12P.C6H5.C2H2N.2ClHO4.H3N.Pd/c16-12-7-13-17(14-8-3-1-4-9-14)15-10-5-2-6-11-15;1-14(12-8-4-2-5-9-12)13-10-6-3-7-11-13;1-2-4-6-5-3-1;1-2-3;2*2-1(3,4)5;;/h1-11H,13H2;2-11H,1H2;1-5H;1H2;2*(H,2,3,4,5);1H3;/q4*-1;;;;+2/p-2. The van der Waals surface area contributed by atoms with Gasteiger partial charge in [-0.25, -0.2) is 55.7 Å². The minimum Gasteiger partial charge on any atom is -0.344 e. The second kappa shape index (κ2) is 32.2. The fraction of sp³-hybridized carbons (Fsp3) is 0.0278. The van der Waals surface area contributed by atoms with Gasteiger partial charge in [0.2, 0.25) is 0 Å². The van der Waals surface area contributed by atoms with E-state index >= 15 is 0 Å². The van der Waals surface area contributed by atoms with Crippen LogP contribution in [0.1, 0.15) is 0 Å². The molecule has 0 heterocycles. The summed E-state index contributed by atoms with van der Waals surface area (Å²) in [5, 5.41) is 21.2. The molecule has 0 atom stereocenters. The van der Waals surface area contributed by atoms with Gasteiger partial charge in [-0.3, -0.25) is 6.42 Å². The summed E-state index contributed by atoms with van der Waals surface area (Å²) in [6, 6.07) is 57.9. The number of halogens is 2. The van der Waals surface area contributed by atoms with E-state index in [2.05, 4.69) is 123 Å². The Hall–Kier alpha value is -3.44. The number of benzene rings is 5. The summed E-state index contributed by atoms with van der Waals surface area (Å²) in [7, 11) is -10.7. The molecule has 5 rings (SSSR count). The van der Waals surface area contributed by atoms with Crippen LogP contribution in [0.4, 0.5) is 0 Å². The van der Waals surface area contributed by atoms with E-state index in [0.29, 0.717) is 0 Å². The number of hydrogen-bond acceptors (Lipinski definition) is 11. The molecule has 0 saturated heterocycles. The molecule has 0 fully saturated rings. The monoisotopic (exact) mass is 875 g/mol. The third-order valence-electron chi connectivity index (χ3n) is 5.24. The smallest absolute Gasteiger partial charge is 0.344 e. The van der Waals surface area contributed by atoms with E-state index in [9.17, 15) is 0 Å². The predicted octanol–water partition coefficient (Wildman–Crippen LogP) is -1.76. The van der Waals surface area contributed by atoms with E-state index in [1.54, 1.807) is 6.42 Å². The van der Waals surface area contributed by atoms with Gasteiger partial charge in [0.15, 0.2) is 0 Å². The summed E-state index contributed by atoms with van der Waals surface area (Å²) in [5.74, 6) is 0. The Balaban J connectivity index is -0.000000613. The Labute approximate surface area is 326 Å². The number of rotatable bonds is 6. The van der Waals surface area contributed by atoms with E-state index < -0.39 is 36.3 Å². The molecule has 0 radical (unpaired) electrons. The number of hydrogen-bond donors (Lipinski definition) is 1. The second-order valence-corrected chi connectivity index (χ2v) is 14.4. The van der Waals surface area contributed by atoms with Crippen molar-refractivity contribution >= 4 is 37.1 Å². The molecular weight excluding hydrogens is 842 g/mol. The van der Waals surface area contributed by atoms with Crippen molar-refractivity contribution in [2.75, 3.05) is 6.16 Å². The maximum Gasteiger partial charge on any atom is 2.00 e. The van der Waals surface area contributed by atoms with Gasteiger partial charge in [0.1, 0.15) is 0 Å². The van der Waals surface area contributed by atoms with E-state index in [1.807, 2.05) is 54.6 Å². The zero-order valence-corrected chi connectivity index (χ0v) is 32.3. The maximum absolute atomic E-state index is 8.71. The van der Waals surface area contributed by atoms with Crippen LogP contribution in [0.2, 0.25) is 0 Å². The molecule has 0 amide bonds. The molecule has 0 unspecified atom stereocenters. The minimum atomic E-state index is -4.94. The first-order valence-electron chi connectivity index (χ1n) is 13.8. The zero-order chi connectivity index (χ0) is 37.7. The van der Waals surface area contributed by atoms with Crippen molar-refractivity contribution in [2.24, 2.45) is 0 Å². The average Bonchev–Trinajstić information content (AvgIpc) is 3.10. The van der Waals surface area contributed by atoms with Crippen LogP contribution >= 0.6 is 15.8 Å². The van der Waals surface area contributed by atoms with Gasteiger partial charge in [0.05, 0.1) is 0 Å². The van der Waals surface area contributed by atoms with Gasteiger partial charge >= 0.3 is 20.4 Å². The number of nitriles is 2. The van der Waals surface area contributed by atoms with Gasteiger partial charge in [-0.2, -0.15) is 36.4 Å². The molecule has 0 bridgehead atoms. The Morgan fingerprint density at radius 3 is 1.02 bits per heavy atom. The number of nitrogens with zero attached hydrogens (tertiary/aromatic N) is 2. The zero-order valence-electron chi connectivity index (χ0n) is 27.5. The van der Waals surface area contributed by atoms with E-state index in [0.717, 1.165) is 6.16 Å². The fourth-order valence-electron chi connectivity index (χ4n) is 3.41. The van der Waals surface area contributed by atoms with Crippen molar-refractivity contribution in [1.29, 1.82) is 10.5 Å². The molecule has 0 aromatic heterocycles. The van der Waals surface area contributed by atoms with E-state index in [4.69, 9.17) is 47.8 Å². The van der Waals surface area contributed by atoms with Crippen molar-refractivity contribution in [3.8, 4) is 12.1 Å². The van der Waals surface area contributed by atoms with Gasteiger partial charge < -0.3 is 19.7 Å². The Morgan fingerprint density at radius 1 is 0.558 bits per heavy atom. The summed E-state index contributed by atoms with van der Waals surface area (Å²) in [4.78, 5) is 0. The average molecular weight is 877 g/mol. The fourth-order valence-corrected chi connectivity index (χ4v) is 6.82. The molecule has 11 nitrogen and oxygen atoms in total. The van der Waals surface area contributed by atoms with Crippen LogP contribution in [0.3, 0.4) is 0 Å². The summed E-state index contributed by atoms with van der Waals surface area (Å²) in [5.41, 5.74) is 0. The molecule has 280 valence electrons. The van der Waals surface area contributed by atoms with Crippen molar-refractivity contribution in [1.82, 2.24) is 6.15 Å². The summed E-state index contributed by atoms with van der Waals surface area (Å²) in [6.07, 6.45) is 2.52. The predicted molar refractivity (Wildman–Crippen MR) is 180 cm³/mol. The van der Waals surface area contributed by atoms with Gasteiger partial charge in [-0.15, -0.1) is 38.8 Å². The van der Waals surface area contributed by atoms with Crippen molar-refractivity contribution < 1.29 is 78.2 Å². The topological polar surface area (TPSA) is 267 Å². The van der Waals surface area contributed by atoms with Crippen LogP contribution in [0.25, 0.3) is 0 Å². The Bertz CT molecular complexity index is 1470. The Kier molecular flexibility index (Phi) is 32.8. The molecule has 52 heavy (non-hydrogen) atoms. The molecule has 3 N–H and O–H groups in total. The molecule has 16 heteroatoms. The van der Waals surface area contributed by atoms with Crippen LogP contribution in [0.15, 0.2) is 152 Å². The summed E-state index contributed by atoms with van der Waals surface area (Å²) in [6.45, 7) is 7.04. The quantitative estimate of drug-likeness (QED) is 0.113. The van der Waals surface area contributed by atoms with Gasteiger partial charge in [-0.1, -0.05) is 140 Å². The third kappa shape index (κ3) is 32.5. The largest absolute Gasteiger partial charge is 2.00 e. The van der Waals surface area contributed by atoms with Crippen LogP contribution in [0.5, 0.6) is 0 Å². The molecule has 0 saturated carbocycles. The first kappa shape index (κ1) is 52.9. The van der Waals surface area contributed by atoms with E-state index in [1.165, 1.54) is 27.3 Å².